The number of halogens is 1. The standard InChI is InChI=1S/C21H26BrN3O3S/c1-15(2)25-11-10-16(14-25)13-23-21(26)17-4-3-5-20(12-17)29(27,28)24-19-8-6-18(22)7-9-19/h3-9,12,15-16,24H,10-11,13-14H2,1-2H3,(H,23,26). The highest BCUT2D eigenvalue weighted by Crippen LogP contribution is 2.20. The number of anilines is 1. The number of carbonyl (C=O) groups is 1. The maximum Gasteiger partial charge on any atom is 0.261 e. The number of rotatable bonds is 7. The monoisotopic (exact) mass is 479 g/mol. The van der Waals surface area contributed by atoms with Crippen LogP contribution in [0.2, 0.25) is 0 Å². The second kappa shape index (κ2) is 9.28. The minimum Gasteiger partial charge on any atom is -0.352 e. The van der Waals surface area contributed by atoms with Crippen molar-refractivity contribution in [2.75, 3.05) is 24.4 Å². The van der Waals surface area contributed by atoms with Crippen LogP contribution in [0.3, 0.4) is 0 Å². The molecule has 1 amide bonds. The fourth-order valence-electron chi connectivity index (χ4n) is 3.37. The van der Waals surface area contributed by atoms with Gasteiger partial charge in [0.1, 0.15) is 0 Å². The van der Waals surface area contributed by atoms with Crippen molar-refractivity contribution in [3.05, 3.63) is 58.6 Å². The van der Waals surface area contributed by atoms with Crippen LogP contribution < -0.4 is 10.0 Å². The maximum absolute atomic E-state index is 12.7. The molecule has 3 rings (SSSR count). The van der Waals surface area contributed by atoms with Crippen LogP contribution in [0.4, 0.5) is 5.69 Å². The third-order valence-electron chi connectivity index (χ3n) is 5.10. The van der Waals surface area contributed by atoms with Crippen molar-refractivity contribution in [3.63, 3.8) is 0 Å². The Morgan fingerprint density at radius 3 is 2.59 bits per heavy atom. The molecule has 6 nitrogen and oxygen atoms in total. The van der Waals surface area contributed by atoms with Gasteiger partial charge in [0.15, 0.2) is 0 Å². The van der Waals surface area contributed by atoms with Gasteiger partial charge < -0.3 is 10.2 Å². The first kappa shape index (κ1) is 21.8. The zero-order valence-corrected chi connectivity index (χ0v) is 19.0. The van der Waals surface area contributed by atoms with Crippen molar-refractivity contribution in [3.8, 4) is 0 Å². The molecule has 29 heavy (non-hydrogen) atoms. The molecule has 8 heteroatoms. The Hall–Kier alpha value is -1.90. The predicted octanol–water partition coefficient (Wildman–Crippen LogP) is 3.71. The Labute approximate surface area is 180 Å². The van der Waals surface area contributed by atoms with Gasteiger partial charge in [0.05, 0.1) is 4.90 Å². The summed E-state index contributed by atoms with van der Waals surface area (Å²) in [6.07, 6.45) is 1.06. The molecule has 156 valence electrons. The normalized spacial score (nSPS) is 17.4. The van der Waals surface area contributed by atoms with E-state index in [1.54, 1.807) is 36.4 Å². The molecule has 0 bridgehead atoms. The zero-order valence-electron chi connectivity index (χ0n) is 16.6. The quantitative estimate of drug-likeness (QED) is 0.634. The second-order valence-electron chi connectivity index (χ2n) is 7.59. The van der Waals surface area contributed by atoms with E-state index in [9.17, 15) is 13.2 Å². The van der Waals surface area contributed by atoms with E-state index in [0.717, 1.165) is 24.0 Å². The molecule has 1 aliphatic heterocycles. The first-order valence-corrected chi connectivity index (χ1v) is 11.9. The summed E-state index contributed by atoms with van der Waals surface area (Å²) in [6.45, 7) is 6.97. The van der Waals surface area contributed by atoms with Crippen molar-refractivity contribution in [2.24, 2.45) is 5.92 Å². The van der Waals surface area contributed by atoms with Crippen LogP contribution in [0, 0.1) is 5.92 Å². The molecule has 1 saturated heterocycles. The van der Waals surface area contributed by atoms with Crippen LogP contribution in [0.15, 0.2) is 57.9 Å². The van der Waals surface area contributed by atoms with Gasteiger partial charge in [-0.25, -0.2) is 8.42 Å². The van der Waals surface area contributed by atoms with Gasteiger partial charge in [-0.15, -0.1) is 0 Å². The van der Waals surface area contributed by atoms with E-state index in [1.165, 1.54) is 12.1 Å². The maximum atomic E-state index is 12.7. The largest absolute Gasteiger partial charge is 0.352 e. The third kappa shape index (κ3) is 5.81. The van der Waals surface area contributed by atoms with Crippen molar-refractivity contribution in [2.45, 2.75) is 31.2 Å². The number of hydrogen-bond acceptors (Lipinski definition) is 4. The van der Waals surface area contributed by atoms with Crippen molar-refractivity contribution in [1.82, 2.24) is 10.2 Å². The van der Waals surface area contributed by atoms with E-state index >= 15 is 0 Å². The van der Waals surface area contributed by atoms with E-state index in [4.69, 9.17) is 0 Å². The van der Waals surface area contributed by atoms with Gasteiger partial charge in [-0.2, -0.15) is 0 Å². The van der Waals surface area contributed by atoms with E-state index in [1.807, 2.05) is 0 Å². The predicted molar refractivity (Wildman–Crippen MR) is 119 cm³/mol. The highest BCUT2D eigenvalue weighted by Gasteiger charge is 2.24. The molecule has 1 unspecified atom stereocenters. The Morgan fingerprint density at radius 1 is 1.21 bits per heavy atom. The molecule has 1 fully saturated rings. The van der Waals surface area contributed by atoms with Gasteiger partial charge in [-0.1, -0.05) is 22.0 Å². The molecular weight excluding hydrogens is 454 g/mol. The van der Waals surface area contributed by atoms with Crippen LogP contribution in [0.5, 0.6) is 0 Å². The van der Waals surface area contributed by atoms with E-state index < -0.39 is 10.0 Å². The molecule has 1 atom stereocenters. The summed E-state index contributed by atoms with van der Waals surface area (Å²) < 4.78 is 28.7. The Bertz CT molecular complexity index is 961. The van der Waals surface area contributed by atoms with Gasteiger partial charge in [0.25, 0.3) is 15.9 Å². The summed E-state index contributed by atoms with van der Waals surface area (Å²) in [5.41, 5.74) is 0.793. The average Bonchev–Trinajstić information content (AvgIpc) is 3.17. The van der Waals surface area contributed by atoms with Crippen molar-refractivity contribution >= 4 is 37.5 Å². The first-order chi connectivity index (χ1) is 13.7. The van der Waals surface area contributed by atoms with Crippen LogP contribution in [-0.4, -0.2) is 44.9 Å². The van der Waals surface area contributed by atoms with E-state index in [0.29, 0.717) is 29.8 Å². The number of nitrogens with zero attached hydrogens (tertiary/aromatic N) is 1. The minimum atomic E-state index is -3.78. The molecule has 0 saturated carbocycles. The van der Waals surface area contributed by atoms with Crippen LogP contribution in [-0.2, 0) is 10.0 Å². The molecule has 0 radical (unpaired) electrons. The summed E-state index contributed by atoms with van der Waals surface area (Å²) >= 11 is 3.32. The zero-order chi connectivity index (χ0) is 21.0. The summed E-state index contributed by atoms with van der Waals surface area (Å²) in [5.74, 6) is 0.168. The molecule has 1 heterocycles. The molecule has 0 spiro atoms. The van der Waals surface area contributed by atoms with Gasteiger partial charge in [0.2, 0.25) is 0 Å². The molecule has 1 aliphatic rings. The third-order valence-corrected chi connectivity index (χ3v) is 7.01. The minimum absolute atomic E-state index is 0.0555. The number of nitrogens with one attached hydrogen (secondary N) is 2. The summed E-state index contributed by atoms with van der Waals surface area (Å²) in [7, 11) is -3.78. The van der Waals surface area contributed by atoms with Crippen LogP contribution in [0.25, 0.3) is 0 Å². The fraction of sp³-hybridized carbons (Fsp3) is 0.381. The lowest BCUT2D eigenvalue weighted by Gasteiger charge is -2.20. The van der Waals surface area contributed by atoms with Crippen LogP contribution in [0.1, 0.15) is 30.6 Å². The summed E-state index contributed by atoms with van der Waals surface area (Å²) in [5, 5.41) is 2.95. The van der Waals surface area contributed by atoms with E-state index in [2.05, 4.69) is 44.7 Å². The molecule has 0 aromatic heterocycles. The van der Waals surface area contributed by atoms with Crippen molar-refractivity contribution < 1.29 is 13.2 Å². The van der Waals surface area contributed by atoms with Gasteiger partial charge in [-0.05, 0) is 75.2 Å². The lowest BCUT2D eigenvalue weighted by Crippen LogP contribution is -2.33. The Kier molecular flexibility index (Phi) is 6.97. The van der Waals surface area contributed by atoms with Gasteiger partial charge in [0, 0.05) is 34.9 Å². The van der Waals surface area contributed by atoms with E-state index in [-0.39, 0.29) is 10.8 Å². The fourth-order valence-corrected chi connectivity index (χ4v) is 4.74. The molecular formula is C21H26BrN3O3S. The number of hydrogen-bond donors (Lipinski definition) is 2. The smallest absolute Gasteiger partial charge is 0.261 e. The molecule has 2 aromatic carbocycles. The van der Waals surface area contributed by atoms with Gasteiger partial charge >= 0.3 is 0 Å². The highest BCUT2D eigenvalue weighted by molar-refractivity contribution is 9.10. The molecule has 2 N–H and O–H groups in total. The Morgan fingerprint density at radius 2 is 1.93 bits per heavy atom. The highest BCUT2D eigenvalue weighted by atomic mass is 79.9. The van der Waals surface area contributed by atoms with Crippen LogP contribution >= 0.6 is 15.9 Å². The number of likely N-dealkylation sites (tertiary alicyclic amines) is 1. The number of amides is 1. The summed E-state index contributed by atoms with van der Waals surface area (Å²) in [6, 6.07) is 13.5. The lowest BCUT2D eigenvalue weighted by atomic mass is 10.1. The Balaban J connectivity index is 1.64. The number of sulfonamides is 1. The number of benzene rings is 2. The second-order valence-corrected chi connectivity index (χ2v) is 10.2. The summed E-state index contributed by atoms with van der Waals surface area (Å²) in [4.78, 5) is 15.0. The number of carbonyl (C=O) groups excluding carboxylic acids is 1. The van der Waals surface area contributed by atoms with Gasteiger partial charge in [-0.3, -0.25) is 9.52 Å². The van der Waals surface area contributed by atoms with Crippen molar-refractivity contribution in [1.29, 1.82) is 0 Å². The first-order valence-electron chi connectivity index (χ1n) is 9.65. The lowest BCUT2D eigenvalue weighted by molar-refractivity contribution is 0.0947. The SMILES string of the molecule is CC(C)N1CCC(CNC(=O)c2cccc(S(=O)(=O)Nc3ccc(Br)cc3)c2)C1. The molecule has 2 aromatic rings. The topological polar surface area (TPSA) is 78.5 Å². The molecule has 0 aliphatic carbocycles. The average molecular weight is 480 g/mol.